The molecule has 0 bridgehead atoms. The number of carbonyl (C=O) groups is 1. The number of hydrogen-bond donors (Lipinski definition) is 1. The van der Waals surface area contributed by atoms with E-state index in [1.165, 1.54) is 4.70 Å². The minimum atomic E-state index is -0.0571. The van der Waals surface area contributed by atoms with Crippen molar-refractivity contribution in [3.63, 3.8) is 0 Å². The molecule has 0 saturated carbocycles. The van der Waals surface area contributed by atoms with Crippen molar-refractivity contribution in [3.8, 4) is 0 Å². The fourth-order valence-electron chi connectivity index (χ4n) is 2.25. The summed E-state index contributed by atoms with van der Waals surface area (Å²) in [6, 6.07) is 15.8. The Bertz CT molecular complexity index is 807. The van der Waals surface area contributed by atoms with Crippen LogP contribution in [0.1, 0.15) is 24.2 Å². The Morgan fingerprint density at radius 2 is 1.95 bits per heavy atom. The fourth-order valence-corrected chi connectivity index (χ4v) is 3.98. The lowest BCUT2D eigenvalue weighted by Crippen LogP contribution is -2.13. The molecule has 0 aliphatic rings. The van der Waals surface area contributed by atoms with E-state index in [4.69, 9.17) is 0 Å². The number of rotatable bonds is 4. The van der Waals surface area contributed by atoms with Crippen LogP contribution < -0.4 is 5.32 Å². The zero-order chi connectivity index (χ0) is 15.5. The number of carbonyl (C=O) groups excluding carboxylic acids is 1. The molecule has 22 heavy (non-hydrogen) atoms. The van der Waals surface area contributed by atoms with E-state index in [1.54, 1.807) is 23.1 Å². The second kappa shape index (κ2) is 6.55. The smallest absolute Gasteiger partial charge is 0.256 e. The summed E-state index contributed by atoms with van der Waals surface area (Å²) in [4.78, 5) is 13.6. The molecule has 0 fully saturated rings. The van der Waals surface area contributed by atoms with Crippen LogP contribution in [0.15, 0.2) is 58.8 Å². The van der Waals surface area contributed by atoms with Gasteiger partial charge in [0.05, 0.1) is 5.56 Å². The van der Waals surface area contributed by atoms with Gasteiger partial charge in [-0.15, -0.1) is 23.1 Å². The van der Waals surface area contributed by atoms with Gasteiger partial charge in [0.1, 0.15) is 0 Å². The summed E-state index contributed by atoms with van der Waals surface area (Å²) in [5.74, 6) is -0.0571. The zero-order valence-electron chi connectivity index (χ0n) is 12.5. The Morgan fingerprint density at radius 1 is 1.14 bits per heavy atom. The van der Waals surface area contributed by atoms with Gasteiger partial charge in [0.15, 0.2) is 0 Å². The molecule has 3 rings (SSSR count). The number of hydrogen-bond acceptors (Lipinski definition) is 3. The molecule has 0 aliphatic carbocycles. The molecule has 1 heterocycles. The predicted octanol–water partition coefficient (Wildman–Crippen LogP) is 5.65. The molecular weight excluding hydrogens is 310 g/mol. The zero-order valence-corrected chi connectivity index (χ0v) is 14.1. The van der Waals surface area contributed by atoms with E-state index in [0.717, 1.165) is 21.5 Å². The number of thiophene rings is 1. The monoisotopic (exact) mass is 327 g/mol. The van der Waals surface area contributed by atoms with Crippen molar-refractivity contribution in [1.82, 2.24) is 0 Å². The molecule has 2 aromatic carbocycles. The standard InChI is InChI=1S/C18H17NOS2/c1-12(2)22-17-6-4-3-5-15(17)18(20)19-14-7-8-16-13(11-14)9-10-21-16/h3-12H,1-2H3,(H,19,20). The van der Waals surface area contributed by atoms with Crippen LogP contribution in [0.5, 0.6) is 0 Å². The molecule has 3 aromatic rings. The molecule has 0 unspecified atom stereocenters. The first-order chi connectivity index (χ1) is 10.6. The van der Waals surface area contributed by atoms with Gasteiger partial charge in [0.25, 0.3) is 5.91 Å². The van der Waals surface area contributed by atoms with Crippen molar-refractivity contribution < 1.29 is 4.79 Å². The molecular formula is C18H17NOS2. The number of amides is 1. The van der Waals surface area contributed by atoms with E-state index < -0.39 is 0 Å². The van der Waals surface area contributed by atoms with E-state index in [2.05, 4.69) is 30.6 Å². The molecule has 0 atom stereocenters. The highest BCUT2D eigenvalue weighted by atomic mass is 32.2. The van der Waals surface area contributed by atoms with Gasteiger partial charge >= 0.3 is 0 Å². The van der Waals surface area contributed by atoms with Crippen molar-refractivity contribution in [1.29, 1.82) is 0 Å². The van der Waals surface area contributed by atoms with Crippen LogP contribution in [0.25, 0.3) is 10.1 Å². The van der Waals surface area contributed by atoms with Crippen molar-refractivity contribution in [2.45, 2.75) is 24.0 Å². The van der Waals surface area contributed by atoms with E-state index >= 15 is 0 Å². The highest BCUT2D eigenvalue weighted by molar-refractivity contribution is 8.00. The van der Waals surface area contributed by atoms with Gasteiger partial charge < -0.3 is 5.32 Å². The normalized spacial score (nSPS) is 11.0. The molecule has 0 radical (unpaired) electrons. The van der Waals surface area contributed by atoms with E-state index in [0.29, 0.717) is 5.25 Å². The summed E-state index contributed by atoms with van der Waals surface area (Å²) in [5.41, 5.74) is 1.56. The quantitative estimate of drug-likeness (QED) is 0.627. The van der Waals surface area contributed by atoms with E-state index in [-0.39, 0.29) is 5.91 Å². The van der Waals surface area contributed by atoms with E-state index in [9.17, 15) is 4.79 Å². The molecule has 1 amide bonds. The van der Waals surface area contributed by atoms with Gasteiger partial charge in [0, 0.05) is 20.5 Å². The van der Waals surface area contributed by atoms with Crippen LogP contribution in [0.4, 0.5) is 5.69 Å². The van der Waals surface area contributed by atoms with Gasteiger partial charge in [0.2, 0.25) is 0 Å². The third kappa shape index (κ3) is 3.34. The van der Waals surface area contributed by atoms with E-state index in [1.807, 2.05) is 42.5 Å². The predicted molar refractivity (Wildman–Crippen MR) is 97.2 cm³/mol. The Morgan fingerprint density at radius 3 is 2.77 bits per heavy atom. The third-order valence-electron chi connectivity index (χ3n) is 3.20. The van der Waals surface area contributed by atoms with Crippen LogP contribution in [0, 0.1) is 0 Å². The molecule has 2 nitrogen and oxygen atoms in total. The SMILES string of the molecule is CC(C)Sc1ccccc1C(=O)Nc1ccc2sccc2c1. The average molecular weight is 327 g/mol. The molecule has 0 saturated heterocycles. The van der Waals surface area contributed by atoms with Crippen LogP contribution >= 0.6 is 23.1 Å². The van der Waals surface area contributed by atoms with Gasteiger partial charge in [-0.3, -0.25) is 4.79 Å². The van der Waals surface area contributed by atoms with Crippen LogP contribution in [0.3, 0.4) is 0 Å². The maximum atomic E-state index is 12.6. The summed E-state index contributed by atoms with van der Waals surface area (Å²) in [6.07, 6.45) is 0. The highest BCUT2D eigenvalue weighted by Gasteiger charge is 2.13. The van der Waals surface area contributed by atoms with Gasteiger partial charge in [-0.1, -0.05) is 26.0 Å². The second-order valence-corrected chi connectivity index (χ2v) is 7.86. The first kappa shape index (κ1) is 15.1. The van der Waals surface area contributed by atoms with Gasteiger partial charge in [-0.05, 0) is 47.2 Å². The number of anilines is 1. The summed E-state index contributed by atoms with van der Waals surface area (Å²) in [5, 5.41) is 6.67. The summed E-state index contributed by atoms with van der Waals surface area (Å²) < 4.78 is 1.23. The lowest BCUT2D eigenvalue weighted by molar-refractivity contribution is 0.102. The van der Waals surface area contributed by atoms with Gasteiger partial charge in [-0.2, -0.15) is 0 Å². The highest BCUT2D eigenvalue weighted by Crippen LogP contribution is 2.28. The Labute approximate surface area is 138 Å². The maximum absolute atomic E-state index is 12.6. The van der Waals surface area contributed by atoms with Crippen molar-refractivity contribution in [2.24, 2.45) is 0 Å². The van der Waals surface area contributed by atoms with Crippen molar-refractivity contribution >= 4 is 44.8 Å². The number of thioether (sulfide) groups is 1. The topological polar surface area (TPSA) is 29.1 Å². The number of benzene rings is 2. The summed E-state index contributed by atoms with van der Waals surface area (Å²) in [6.45, 7) is 4.26. The lowest BCUT2D eigenvalue weighted by Gasteiger charge is -2.11. The van der Waals surface area contributed by atoms with Gasteiger partial charge in [-0.25, -0.2) is 0 Å². The van der Waals surface area contributed by atoms with Crippen molar-refractivity contribution in [2.75, 3.05) is 5.32 Å². The first-order valence-corrected chi connectivity index (χ1v) is 8.94. The molecule has 0 spiro atoms. The number of fused-ring (bicyclic) bond motifs is 1. The molecule has 1 N–H and O–H groups in total. The molecule has 112 valence electrons. The lowest BCUT2D eigenvalue weighted by atomic mass is 10.2. The molecule has 1 aromatic heterocycles. The summed E-state index contributed by atoms with van der Waals surface area (Å²) in [7, 11) is 0. The first-order valence-electron chi connectivity index (χ1n) is 7.18. The Kier molecular flexibility index (Phi) is 4.50. The Balaban J connectivity index is 1.84. The minimum Gasteiger partial charge on any atom is -0.322 e. The fraction of sp³-hybridized carbons (Fsp3) is 0.167. The largest absolute Gasteiger partial charge is 0.322 e. The molecule has 0 aliphatic heterocycles. The maximum Gasteiger partial charge on any atom is 0.256 e. The van der Waals surface area contributed by atoms with Crippen LogP contribution in [0.2, 0.25) is 0 Å². The van der Waals surface area contributed by atoms with Crippen LogP contribution in [-0.2, 0) is 0 Å². The van der Waals surface area contributed by atoms with Crippen LogP contribution in [-0.4, -0.2) is 11.2 Å². The average Bonchev–Trinajstić information content (AvgIpc) is 2.94. The minimum absolute atomic E-state index is 0.0571. The molecule has 4 heteroatoms. The second-order valence-electron chi connectivity index (χ2n) is 5.29. The Hall–Kier alpha value is -1.78. The summed E-state index contributed by atoms with van der Waals surface area (Å²) >= 11 is 3.41. The number of nitrogens with one attached hydrogen (secondary N) is 1. The third-order valence-corrected chi connectivity index (χ3v) is 5.18. The van der Waals surface area contributed by atoms with Crippen molar-refractivity contribution in [3.05, 3.63) is 59.5 Å².